The highest BCUT2D eigenvalue weighted by Gasteiger charge is 2.35. The van der Waals surface area contributed by atoms with Gasteiger partial charge in [0.05, 0.1) is 0 Å². The molecule has 0 aromatic heterocycles. The number of benzene rings is 2. The Morgan fingerprint density at radius 2 is 1.40 bits per heavy atom. The van der Waals surface area contributed by atoms with Gasteiger partial charge >= 0.3 is 0 Å². The molecule has 158 valence electrons. The van der Waals surface area contributed by atoms with Gasteiger partial charge in [0, 0.05) is 11.1 Å². The fourth-order valence-electron chi connectivity index (χ4n) is 5.75. The summed E-state index contributed by atoms with van der Waals surface area (Å²) in [6.07, 6.45) is 14.3. The Morgan fingerprint density at radius 3 is 2.10 bits per heavy atom. The lowest BCUT2D eigenvalue weighted by Gasteiger charge is -2.42. The van der Waals surface area contributed by atoms with Crippen molar-refractivity contribution in [3.05, 3.63) is 71.0 Å². The molecule has 1 heteroatoms. The van der Waals surface area contributed by atoms with Crippen LogP contribution in [0.2, 0.25) is 0 Å². The van der Waals surface area contributed by atoms with E-state index in [0.29, 0.717) is 0 Å². The summed E-state index contributed by atoms with van der Waals surface area (Å²) in [6, 6.07) is 15.3. The fourth-order valence-corrected chi connectivity index (χ4v) is 5.75. The lowest BCUT2D eigenvalue weighted by Crippen LogP contribution is -2.30. The van der Waals surface area contributed by atoms with Crippen LogP contribution in [0.25, 0.3) is 0 Å². The van der Waals surface area contributed by atoms with Crippen molar-refractivity contribution in [3.63, 3.8) is 0 Å². The molecular weight excluding hydrogens is 367 g/mol. The van der Waals surface area contributed by atoms with E-state index in [-0.39, 0.29) is 5.82 Å². The maximum absolute atomic E-state index is 13.0. The molecule has 0 nitrogen and oxygen atoms in total. The van der Waals surface area contributed by atoms with E-state index in [2.05, 4.69) is 43.0 Å². The second kappa shape index (κ2) is 10.3. The van der Waals surface area contributed by atoms with Crippen molar-refractivity contribution in [2.75, 3.05) is 0 Å². The average molecular weight is 403 g/mol. The van der Waals surface area contributed by atoms with Gasteiger partial charge < -0.3 is 0 Å². The Balaban J connectivity index is 1.31. The predicted molar refractivity (Wildman–Crippen MR) is 124 cm³/mol. The van der Waals surface area contributed by atoms with Gasteiger partial charge in [0.1, 0.15) is 5.82 Å². The quantitative estimate of drug-likeness (QED) is 0.350. The van der Waals surface area contributed by atoms with Crippen LogP contribution in [0.5, 0.6) is 0 Å². The topological polar surface area (TPSA) is 0 Å². The minimum absolute atomic E-state index is 0.218. The molecule has 0 N–H and O–H groups in total. The average Bonchev–Trinajstić information content (AvgIpc) is 2.79. The van der Waals surface area contributed by atoms with Crippen LogP contribution in [0.15, 0.2) is 48.5 Å². The predicted octanol–water partition coefficient (Wildman–Crippen LogP) is 8.11. The monoisotopic (exact) mass is 402 g/mol. The SMILES string of the molecule is CCCCCC1CC[C@@H]2C[C@H](c3ccc(C#Cc4ccc(F)cc4)cc3)CC[C@@H]2C1. The van der Waals surface area contributed by atoms with E-state index in [1.54, 1.807) is 12.1 Å². The van der Waals surface area contributed by atoms with Crippen LogP contribution in [-0.4, -0.2) is 0 Å². The van der Waals surface area contributed by atoms with Gasteiger partial charge in [-0.05, 0) is 97.7 Å². The van der Waals surface area contributed by atoms with Gasteiger partial charge in [-0.3, -0.25) is 0 Å². The van der Waals surface area contributed by atoms with Crippen molar-refractivity contribution in [2.45, 2.75) is 77.0 Å². The van der Waals surface area contributed by atoms with E-state index < -0.39 is 0 Å². The molecule has 30 heavy (non-hydrogen) atoms. The molecule has 0 bridgehead atoms. The summed E-state index contributed by atoms with van der Waals surface area (Å²) in [5.74, 6) is 9.79. The molecule has 0 spiro atoms. The van der Waals surface area contributed by atoms with Gasteiger partial charge in [-0.1, -0.05) is 63.0 Å². The highest BCUT2D eigenvalue weighted by atomic mass is 19.1. The molecule has 4 rings (SSSR count). The number of hydrogen-bond acceptors (Lipinski definition) is 0. The minimum atomic E-state index is -0.218. The van der Waals surface area contributed by atoms with E-state index >= 15 is 0 Å². The van der Waals surface area contributed by atoms with E-state index in [4.69, 9.17) is 0 Å². The van der Waals surface area contributed by atoms with E-state index in [9.17, 15) is 4.39 Å². The van der Waals surface area contributed by atoms with Crippen molar-refractivity contribution in [1.82, 2.24) is 0 Å². The van der Waals surface area contributed by atoms with Gasteiger partial charge in [-0.2, -0.15) is 0 Å². The summed E-state index contributed by atoms with van der Waals surface area (Å²) in [7, 11) is 0. The molecule has 0 radical (unpaired) electrons. The molecule has 2 aromatic rings. The first-order chi connectivity index (χ1) is 14.7. The summed E-state index contributed by atoms with van der Waals surface area (Å²) in [5.41, 5.74) is 3.37. The van der Waals surface area contributed by atoms with Gasteiger partial charge in [-0.15, -0.1) is 0 Å². The molecule has 2 saturated carbocycles. The summed E-state index contributed by atoms with van der Waals surface area (Å²) < 4.78 is 13.0. The maximum atomic E-state index is 13.0. The molecule has 1 unspecified atom stereocenters. The first-order valence-electron chi connectivity index (χ1n) is 12.1. The Morgan fingerprint density at radius 1 is 0.767 bits per heavy atom. The fraction of sp³-hybridized carbons (Fsp3) is 0.517. The van der Waals surface area contributed by atoms with Crippen LogP contribution >= 0.6 is 0 Å². The van der Waals surface area contributed by atoms with Crippen molar-refractivity contribution in [2.24, 2.45) is 17.8 Å². The van der Waals surface area contributed by atoms with Gasteiger partial charge in [0.15, 0.2) is 0 Å². The first-order valence-corrected chi connectivity index (χ1v) is 12.1. The van der Waals surface area contributed by atoms with Gasteiger partial charge in [0.25, 0.3) is 0 Å². The Labute approximate surface area is 182 Å². The van der Waals surface area contributed by atoms with Crippen LogP contribution < -0.4 is 0 Å². The highest BCUT2D eigenvalue weighted by molar-refractivity contribution is 5.43. The largest absolute Gasteiger partial charge is 0.207 e. The summed E-state index contributed by atoms with van der Waals surface area (Å²) >= 11 is 0. The molecule has 0 aliphatic heterocycles. The van der Waals surface area contributed by atoms with Crippen molar-refractivity contribution in [3.8, 4) is 11.8 Å². The van der Waals surface area contributed by atoms with Gasteiger partial charge in [0.2, 0.25) is 0 Å². The molecule has 2 aliphatic carbocycles. The molecule has 4 atom stereocenters. The second-order valence-corrected chi connectivity index (χ2v) is 9.58. The number of fused-ring (bicyclic) bond motifs is 1. The lowest BCUT2D eigenvalue weighted by atomic mass is 9.63. The zero-order valence-electron chi connectivity index (χ0n) is 18.4. The number of hydrogen-bond donors (Lipinski definition) is 0. The highest BCUT2D eigenvalue weighted by Crippen LogP contribution is 2.48. The van der Waals surface area contributed by atoms with E-state index in [0.717, 1.165) is 34.8 Å². The molecule has 0 saturated heterocycles. The summed E-state index contributed by atoms with van der Waals surface area (Å²) in [6.45, 7) is 2.31. The third-order valence-electron chi connectivity index (χ3n) is 7.52. The molecule has 2 aromatic carbocycles. The van der Waals surface area contributed by atoms with Crippen LogP contribution in [-0.2, 0) is 0 Å². The van der Waals surface area contributed by atoms with Crippen molar-refractivity contribution < 1.29 is 4.39 Å². The Bertz CT molecular complexity index is 852. The van der Waals surface area contributed by atoms with E-state index in [1.807, 2.05) is 0 Å². The summed E-state index contributed by atoms with van der Waals surface area (Å²) in [5, 5.41) is 0. The lowest BCUT2D eigenvalue weighted by molar-refractivity contribution is 0.113. The van der Waals surface area contributed by atoms with Crippen LogP contribution in [0.4, 0.5) is 4.39 Å². The normalized spacial score (nSPS) is 25.8. The van der Waals surface area contributed by atoms with Crippen molar-refractivity contribution in [1.29, 1.82) is 0 Å². The molecule has 0 amide bonds. The smallest absolute Gasteiger partial charge is 0.123 e. The Hall–Kier alpha value is -2.07. The number of rotatable bonds is 5. The zero-order valence-corrected chi connectivity index (χ0v) is 18.4. The third-order valence-corrected chi connectivity index (χ3v) is 7.52. The standard InChI is InChI=1S/C29H35F/c1-2-3-4-5-24-10-15-28-21-27(17-16-26(28)20-24)25-13-8-22(9-14-25)6-7-23-11-18-29(30)19-12-23/h8-9,11-14,18-19,24,26-28H,2-5,10,15-17,20-21H2,1H3/t24?,26-,27-,28-/m1/s1. The summed E-state index contributed by atoms with van der Waals surface area (Å²) in [4.78, 5) is 0. The number of halogens is 1. The van der Waals surface area contributed by atoms with E-state index in [1.165, 1.54) is 81.9 Å². The van der Waals surface area contributed by atoms with Crippen LogP contribution in [0.1, 0.15) is 93.7 Å². The molecule has 2 fully saturated rings. The van der Waals surface area contributed by atoms with Crippen LogP contribution in [0, 0.1) is 35.4 Å². The zero-order chi connectivity index (χ0) is 20.8. The van der Waals surface area contributed by atoms with Gasteiger partial charge in [-0.25, -0.2) is 4.39 Å². The van der Waals surface area contributed by atoms with Crippen molar-refractivity contribution >= 4 is 0 Å². The molecule has 0 heterocycles. The first kappa shape index (κ1) is 21.2. The molecular formula is C29H35F. The number of unbranched alkanes of at least 4 members (excludes halogenated alkanes) is 2. The second-order valence-electron chi connectivity index (χ2n) is 9.58. The third kappa shape index (κ3) is 5.54. The van der Waals surface area contributed by atoms with Crippen LogP contribution in [0.3, 0.4) is 0 Å². The Kier molecular flexibility index (Phi) is 7.27. The minimum Gasteiger partial charge on any atom is -0.207 e. The maximum Gasteiger partial charge on any atom is 0.123 e. The molecule has 2 aliphatic rings.